The molecule has 4 aromatic rings. The molecule has 0 radical (unpaired) electrons. The second-order valence-electron chi connectivity index (χ2n) is 7.60. The number of pyridine rings is 2. The van der Waals surface area contributed by atoms with E-state index in [-0.39, 0.29) is 11.5 Å². The number of ether oxygens (including phenoxy) is 2. The summed E-state index contributed by atoms with van der Waals surface area (Å²) < 4.78 is 11.1. The zero-order chi connectivity index (χ0) is 27.7. The number of nitrogens with zero attached hydrogens (tertiary/aromatic N) is 2. The monoisotopic (exact) mass is 554 g/mol. The maximum Gasteiger partial charge on any atom is 0.253 e. The fraction of sp³-hybridized carbons (Fsp3) is 0.0769. The van der Waals surface area contributed by atoms with Crippen molar-refractivity contribution in [2.75, 3.05) is 18.0 Å². The van der Waals surface area contributed by atoms with Gasteiger partial charge in [0.15, 0.2) is 0 Å². The second kappa shape index (κ2) is 13.1. The summed E-state index contributed by atoms with van der Waals surface area (Å²) >= 11 is 11.6. The molecule has 2 aromatic heterocycles. The van der Waals surface area contributed by atoms with Gasteiger partial charge in [0.2, 0.25) is 0 Å². The summed E-state index contributed by atoms with van der Waals surface area (Å²) in [6, 6.07) is 12.8. The van der Waals surface area contributed by atoms with Crippen LogP contribution in [0.1, 0.15) is 27.6 Å². The van der Waals surface area contributed by atoms with E-state index in [1.165, 1.54) is 30.9 Å². The SMILES string of the molecule is CCNC(=O)c1cc(Oc2cncc(Cl)c2)ccc1N.NC(=O)c1cc(Oc2cncc(Cl)c2)ccc1N. The number of nitrogens with one attached hydrogen (secondary N) is 1. The van der Waals surface area contributed by atoms with Crippen molar-refractivity contribution in [1.82, 2.24) is 15.3 Å². The fourth-order valence-corrected chi connectivity index (χ4v) is 3.36. The number of halogens is 2. The lowest BCUT2D eigenvalue weighted by Gasteiger charge is -2.10. The van der Waals surface area contributed by atoms with Gasteiger partial charge >= 0.3 is 0 Å². The molecule has 0 aliphatic heterocycles. The Morgan fingerprint density at radius 3 is 1.68 bits per heavy atom. The van der Waals surface area contributed by atoms with Gasteiger partial charge in [-0.25, -0.2) is 0 Å². The molecule has 7 N–H and O–H groups in total. The first kappa shape index (κ1) is 28.0. The van der Waals surface area contributed by atoms with Crippen molar-refractivity contribution in [3.63, 3.8) is 0 Å². The van der Waals surface area contributed by atoms with Gasteiger partial charge in [0.05, 0.1) is 33.6 Å². The number of nitrogen functional groups attached to an aromatic ring is 2. The molecule has 0 atom stereocenters. The highest BCUT2D eigenvalue weighted by atomic mass is 35.5. The first-order valence-corrected chi connectivity index (χ1v) is 11.9. The summed E-state index contributed by atoms with van der Waals surface area (Å²) in [7, 11) is 0. The van der Waals surface area contributed by atoms with Crippen LogP contribution in [-0.2, 0) is 0 Å². The van der Waals surface area contributed by atoms with Gasteiger partial charge in [0.25, 0.3) is 11.8 Å². The standard InChI is InChI=1S/C14H14ClN3O2.C12H10ClN3O2/c1-2-18-14(19)12-6-10(3-4-13(12)16)20-11-5-9(15)7-17-8-11;13-7-3-9(6-16-5-7)18-8-1-2-11(14)10(4-8)12(15)17/h3-8H,2,16H2,1H3,(H,18,19);1-6H,14H2,(H2,15,17). The highest BCUT2D eigenvalue weighted by Crippen LogP contribution is 2.27. The van der Waals surface area contributed by atoms with Crippen molar-refractivity contribution in [1.29, 1.82) is 0 Å². The molecule has 38 heavy (non-hydrogen) atoms. The third-order valence-corrected chi connectivity index (χ3v) is 5.14. The van der Waals surface area contributed by atoms with Gasteiger partial charge in [-0.15, -0.1) is 0 Å². The smallest absolute Gasteiger partial charge is 0.253 e. The molecule has 10 nitrogen and oxygen atoms in total. The Hall–Kier alpha value is -4.54. The minimum atomic E-state index is -0.609. The van der Waals surface area contributed by atoms with E-state index >= 15 is 0 Å². The summed E-state index contributed by atoms with van der Waals surface area (Å²) in [4.78, 5) is 30.8. The lowest BCUT2D eigenvalue weighted by molar-refractivity contribution is 0.0955. The first-order valence-electron chi connectivity index (χ1n) is 11.1. The summed E-state index contributed by atoms with van der Waals surface area (Å²) in [5.41, 5.74) is 17.9. The number of rotatable bonds is 7. The van der Waals surface area contributed by atoms with E-state index in [4.69, 9.17) is 49.9 Å². The summed E-state index contributed by atoms with van der Waals surface area (Å²) in [6.07, 6.45) is 6.05. The molecule has 0 aliphatic rings. The van der Waals surface area contributed by atoms with E-state index in [1.54, 1.807) is 42.5 Å². The minimum Gasteiger partial charge on any atom is -0.456 e. The third kappa shape index (κ3) is 7.99. The predicted molar refractivity (Wildman–Crippen MR) is 147 cm³/mol. The molecular weight excluding hydrogens is 531 g/mol. The second-order valence-corrected chi connectivity index (χ2v) is 8.48. The zero-order valence-electron chi connectivity index (χ0n) is 20.2. The van der Waals surface area contributed by atoms with Gasteiger partial charge in [0, 0.05) is 42.4 Å². The Balaban J connectivity index is 0.000000212. The molecule has 0 fully saturated rings. The van der Waals surface area contributed by atoms with E-state index in [0.717, 1.165) is 0 Å². The summed E-state index contributed by atoms with van der Waals surface area (Å²) in [5.74, 6) is 1.03. The van der Waals surface area contributed by atoms with Crippen molar-refractivity contribution in [2.24, 2.45) is 5.73 Å². The van der Waals surface area contributed by atoms with Crippen molar-refractivity contribution < 1.29 is 19.1 Å². The van der Waals surface area contributed by atoms with Gasteiger partial charge in [0.1, 0.15) is 23.0 Å². The summed E-state index contributed by atoms with van der Waals surface area (Å²) in [6.45, 7) is 2.37. The molecule has 2 aromatic carbocycles. The Morgan fingerprint density at radius 2 is 1.24 bits per heavy atom. The lowest BCUT2D eigenvalue weighted by atomic mass is 10.1. The molecule has 0 aliphatic carbocycles. The molecule has 0 unspecified atom stereocenters. The van der Waals surface area contributed by atoms with Crippen LogP contribution in [0.15, 0.2) is 73.3 Å². The molecule has 0 saturated carbocycles. The van der Waals surface area contributed by atoms with Crippen molar-refractivity contribution >= 4 is 46.4 Å². The van der Waals surface area contributed by atoms with Crippen LogP contribution < -0.4 is 32.0 Å². The average Bonchev–Trinajstić information content (AvgIpc) is 2.87. The highest BCUT2D eigenvalue weighted by molar-refractivity contribution is 6.30. The van der Waals surface area contributed by atoms with Crippen LogP contribution in [0.4, 0.5) is 11.4 Å². The Bertz CT molecular complexity index is 1450. The first-order chi connectivity index (χ1) is 18.2. The number of hydrogen-bond donors (Lipinski definition) is 4. The van der Waals surface area contributed by atoms with E-state index in [1.807, 2.05) is 6.92 Å². The lowest BCUT2D eigenvalue weighted by Crippen LogP contribution is -2.23. The number of benzene rings is 2. The van der Waals surface area contributed by atoms with Crippen molar-refractivity contribution in [2.45, 2.75) is 6.92 Å². The molecule has 4 rings (SSSR count). The molecule has 196 valence electrons. The Labute approximate surface area is 228 Å². The number of carbonyl (C=O) groups excluding carboxylic acids is 2. The molecule has 0 bridgehead atoms. The molecule has 2 heterocycles. The maximum atomic E-state index is 11.8. The number of nitrogens with two attached hydrogens (primary N) is 3. The van der Waals surface area contributed by atoms with Crippen molar-refractivity contribution in [3.05, 3.63) is 94.5 Å². The quantitative estimate of drug-likeness (QED) is 0.229. The van der Waals surface area contributed by atoms with Crippen LogP contribution in [-0.4, -0.2) is 28.3 Å². The van der Waals surface area contributed by atoms with Crippen LogP contribution in [0.25, 0.3) is 0 Å². The number of amides is 2. The van der Waals surface area contributed by atoms with Crippen molar-refractivity contribution in [3.8, 4) is 23.0 Å². The predicted octanol–water partition coefficient (Wildman–Crippen LogP) is 5.07. The van der Waals surface area contributed by atoms with Gasteiger partial charge in [-0.05, 0) is 43.3 Å². The van der Waals surface area contributed by atoms with Crippen LogP contribution in [0.5, 0.6) is 23.0 Å². The number of primary amides is 1. The molecular formula is C26H24Cl2N6O4. The third-order valence-electron chi connectivity index (χ3n) is 4.73. The Kier molecular flexibility index (Phi) is 9.69. The molecule has 12 heteroatoms. The largest absolute Gasteiger partial charge is 0.456 e. The van der Waals surface area contributed by atoms with Gasteiger partial charge in [-0.1, -0.05) is 23.2 Å². The van der Waals surface area contributed by atoms with Gasteiger partial charge in [-0.3, -0.25) is 19.6 Å². The topological polar surface area (TPSA) is 168 Å². The molecule has 0 spiro atoms. The number of carbonyl (C=O) groups is 2. The zero-order valence-corrected chi connectivity index (χ0v) is 21.7. The minimum absolute atomic E-state index is 0.211. The van der Waals surface area contributed by atoms with Crippen LogP contribution in [0, 0.1) is 0 Å². The van der Waals surface area contributed by atoms with E-state index in [2.05, 4.69) is 15.3 Å². The average molecular weight is 555 g/mol. The molecule has 2 amide bonds. The Morgan fingerprint density at radius 1 is 0.763 bits per heavy atom. The number of anilines is 2. The highest BCUT2D eigenvalue weighted by Gasteiger charge is 2.11. The maximum absolute atomic E-state index is 11.8. The fourth-order valence-electron chi connectivity index (χ4n) is 3.03. The summed E-state index contributed by atoms with van der Waals surface area (Å²) in [5, 5.41) is 3.63. The normalized spacial score (nSPS) is 10.1. The van der Waals surface area contributed by atoms with Crippen LogP contribution in [0.3, 0.4) is 0 Å². The van der Waals surface area contributed by atoms with Gasteiger partial charge < -0.3 is 32.0 Å². The van der Waals surface area contributed by atoms with E-state index in [9.17, 15) is 9.59 Å². The van der Waals surface area contributed by atoms with E-state index in [0.29, 0.717) is 56.5 Å². The number of aromatic nitrogens is 2. The molecule has 0 saturated heterocycles. The van der Waals surface area contributed by atoms with Crippen LogP contribution >= 0.6 is 23.2 Å². The number of hydrogen-bond acceptors (Lipinski definition) is 8. The van der Waals surface area contributed by atoms with E-state index < -0.39 is 5.91 Å². The van der Waals surface area contributed by atoms with Crippen LogP contribution in [0.2, 0.25) is 10.0 Å². The van der Waals surface area contributed by atoms with Gasteiger partial charge in [-0.2, -0.15) is 0 Å².